The molecule has 37 heavy (non-hydrogen) atoms. The number of imide groups is 1. The molecule has 0 saturated carbocycles. The van der Waals surface area contributed by atoms with E-state index in [0.717, 1.165) is 22.6 Å². The van der Waals surface area contributed by atoms with E-state index in [2.05, 4.69) is 5.32 Å². The second-order valence-electron chi connectivity index (χ2n) is 9.73. The van der Waals surface area contributed by atoms with Crippen molar-refractivity contribution in [2.24, 2.45) is 7.05 Å². The average molecular weight is 522 g/mol. The Morgan fingerprint density at radius 1 is 1.11 bits per heavy atom. The number of hydrogen-bond acceptors (Lipinski definition) is 8. The van der Waals surface area contributed by atoms with E-state index >= 15 is 0 Å². The number of nitrogens with one attached hydrogen (secondary N) is 1. The van der Waals surface area contributed by atoms with E-state index in [1.807, 2.05) is 29.9 Å². The van der Waals surface area contributed by atoms with Crippen molar-refractivity contribution >= 4 is 40.5 Å². The number of aryl methyl sites for hydroxylation is 1. The third-order valence-electron chi connectivity index (χ3n) is 7.47. The summed E-state index contributed by atoms with van der Waals surface area (Å²) in [6, 6.07) is 8.24. The number of aliphatic hydroxyl groups is 2. The third-order valence-corrected chi connectivity index (χ3v) is 8.41. The van der Waals surface area contributed by atoms with Gasteiger partial charge in [0.1, 0.15) is 11.7 Å². The molecular weight excluding hydrogens is 494 g/mol. The van der Waals surface area contributed by atoms with Gasteiger partial charge in [0.2, 0.25) is 11.8 Å². The quantitative estimate of drug-likeness (QED) is 0.345. The Hall–Kier alpha value is -3.25. The molecule has 5 heterocycles. The highest BCUT2D eigenvalue weighted by molar-refractivity contribution is 7.99. The maximum absolute atomic E-state index is 13.1. The molecule has 0 spiro atoms. The van der Waals surface area contributed by atoms with Crippen molar-refractivity contribution in [1.29, 1.82) is 0 Å². The normalized spacial score (nSPS) is 21.0. The Morgan fingerprint density at radius 2 is 1.89 bits per heavy atom. The van der Waals surface area contributed by atoms with Gasteiger partial charge in [-0.1, -0.05) is 6.07 Å². The topological polar surface area (TPSA) is 128 Å². The van der Waals surface area contributed by atoms with Gasteiger partial charge in [-0.3, -0.25) is 19.7 Å². The van der Waals surface area contributed by atoms with Gasteiger partial charge in [0.05, 0.1) is 5.69 Å². The molecule has 0 radical (unpaired) electrons. The van der Waals surface area contributed by atoms with Crippen LogP contribution in [0.15, 0.2) is 36.5 Å². The van der Waals surface area contributed by atoms with Gasteiger partial charge in [-0.25, -0.2) is 9.88 Å². The highest BCUT2D eigenvalue weighted by atomic mass is 32.2. The molecule has 1 aromatic carbocycles. The van der Waals surface area contributed by atoms with Crippen LogP contribution in [0.5, 0.6) is 0 Å². The molecule has 2 fully saturated rings. The van der Waals surface area contributed by atoms with E-state index in [4.69, 9.17) is 4.98 Å². The van der Waals surface area contributed by atoms with Crippen molar-refractivity contribution in [3.63, 3.8) is 0 Å². The Balaban J connectivity index is 1.38. The number of piperidine rings is 1. The first kappa shape index (κ1) is 24.1. The van der Waals surface area contributed by atoms with Crippen LogP contribution in [0.3, 0.4) is 0 Å². The molecule has 3 aromatic rings. The van der Waals surface area contributed by atoms with Gasteiger partial charge in [0, 0.05) is 72.9 Å². The molecule has 3 N–H and O–H groups in total. The second kappa shape index (κ2) is 8.95. The summed E-state index contributed by atoms with van der Waals surface area (Å²) in [6.45, 7) is 1.37. The summed E-state index contributed by atoms with van der Waals surface area (Å²) < 4.78 is 1.84. The van der Waals surface area contributed by atoms with Crippen LogP contribution >= 0.6 is 11.8 Å². The number of rotatable bonds is 4. The summed E-state index contributed by atoms with van der Waals surface area (Å²) in [6.07, 6.45) is 2.34. The van der Waals surface area contributed by atoms with Gasteiger partial charge in [-0.05, 0) is 36.2 Å². The SMILES string of the molecule is Cn1ccc2c(C(O)(O)N3CCSCC3)cc(-c3ccc4c(c3)CN(C3CCC(=O)NC3=O)C4=O)nc21. The minimum Gasteiger partial charge on any atom is -0.349 e. The lowest BCUT2D eigenvalue weighted by atomic mass is 10.0. The fourth-order valence-corrected chi connectivity index (χ4v) is 6.34. The van der Waals surface area contributed by atoms with Crippen molar-refractivity contribution < 1.29 is 24.6 Å². The van der Waals surface area contributed by atoms with Crippen LogP contribution in [0.25, 0.3) is 22.3 Å². The van der Waals surface area contributed by atoms with E-state index in [9.17, 15) is 24.6 Å². The van der Waals surface area contributed by atoms with E-state index in [1.54, 1.807) is 34.9 Å². The zero-order valence-corrected chi connectivity index (χ0v) is 21.1. The zero-order valence-electron chi connectivity index (χ0n) is 20.3. The summed E-state index contributed by atoms with van der Waals surface area (Å²) in [5.41, 5.74) is 3.53. The number of carbonyl (C=O) groups excluding carboxylic acids is 3. The van der Waals surface area contributed by atoms with E-state index < -0.39 is 17.9 Å². The van der Waals surface area contributed by atoms with Crippen molar-refractivity contribution in [3.8, 4) is 11.3 Å². The molecule has 0 bridgehead atoms. The second-order valence-corrected chi connectivity index (χ2v) is 11.0. The van der Waals surface area contributed by atoms with Gasteiger partial charge in [-0.2, -0.15) is 11.8 Å². The molecule has 6 rings (SSSR count). The Bertz CT molecular complexity index is 1440. The van der Waals surface area contributed by atoms with E-state index in [-0.39, 0.29) is 24.8 Å². The number of amides is 3. The lowest BCUT2D eigenvalue weighted by Crippen LogP contribution is -2.52. The van der Waals surface area contributed by atoms with Crippen molar-refractivity contribution in [1.82, 2.24) is 24.7 Å². The van der Waals surface area contributed by atoms with Crippen molar-refractivity contribution in [2.45, 2.75) is 31.3 Å². The third kappa shape index (κ3) is 4.02. The molecule has 3 aliphatic heterocycles. The Kier molecular flexibility index (Phi) is 5.83. The number of benzene rings is 1. The Morgan fingerprint density at radius 3 is 2.65 bits per heavy atom. The molecule has 0 aliphatic carbocycles. The van der Waals surface area contributed by atoms with E-state index in [0.29, 0.717) is 47.4 Å². The monoisotopic (exact) mass is 521 g/mol. The molecular formula is C26H27N5O5S. The van der Waals surface area contributed by atoms with Crippen LogP contribution in [0.1, 0.15) is 34.3 Å². The molecule has 10 nitrogen and oxygen atoms in total. The lowest BCUT2D eigenvalue weighted by Gasteiger charge is -2.38. The summed E-state index contributed by atoms with van der Waals surface area (Å²) in [7, 11) is 1.86. The maximum atomic E-state index is 13.1. The Labute approximate surface area is 217 Å². The predicted octanol–water partition coefficient (Wildman–Crippen LogP) is 1.14. The number of hydrogen-bond donors (Lipinski definition) is 3. The van der Waals surface area contributed by atoms with Gasteiger partial charge < -0.3 is 19.7 Å². The molecule has 192 valence electrons. The number of fused-ring (bicyclic) bond motifs is 2. The number of pyridine rings is 1. The molecule has 11 heteroatoms. The van der Waals surface area contributed by atoms with Crippen molar-refractivity contribution in [2.75, 3.05) is 24.6 Å². The minimum absolute atomic E-state index is 0.199. The van der Waals surface area contributed by atoms with Crippen LogP contribution in [0.2, 0.25) is 0 Å². The van der Waals surface area contributed by atoms with Crippen LogP contribution in [0.4, 0.5) is 0 Å². The van der Waals surface area contributed by atoms with Gasteiger partial charge in [0.25, 0.3) is 11.8 Å². The molecule has 2 aromatic heterocycles. The van der Waals surface area contributed by atoms with Crippen LogP contribution in [-0.2, 0) is 29.1 Å². The summed E-state index contributed by atoms with van der Waals surface area (Å²) in [5, 5.41) is 25.6. The standard InChI is InChI=1S/C26H27N5O5S/c1-29-7-6-18-19(26(35,36)30-8-10-37-11-9-30)13-20(27-23(18)29)15-2-3-17-16(12-15)14-31(25(17)34)21-4-5-22(32)28-24(21)33/h2-3,6-7,12-13,21,35-36H,4-5,8-11,14H2,1H3,(H,28,32,33). The summed E-state index contributed by atoms with van der Waals surface area (Å²) in [4.78, 5) is 45.0. The number of aromatic nitrogens is 2. The van der Waals surface area contributed by atoms with Crippen molar-refractivity contribution in [3.05, 3.63) is 53.2 Å². The predicted molar refractivity (Wildman–Crippen MR) is 137 cm³/mol. The molecule has 1 unspecified atom stereocenters. The fraction of sp³-hybridized carbons (Fsp3) is 0.385. The molecule has 2 saturated heterocycles. The highest BCUT2D eigenvalue weighted by Gasteiger charge is 2.40. The molecule has 3 amide bonds. The van der Waals surface area contributed by atoms with Crippen LogP contribution in [-0.4, -0.2) is 77.9 Å². The lowest BCUT2D eigenvalue weighted by molar-refractivity contribution is -0.272. The van der Waals surface area contributed by atoms with Crippen LogP contribution in [0, 0.1) is 0 Å². The number of carbonyl (C=O) groups is 3. The number of nitrogens with zero attached hydrogens (tertiary/aromatic N) is 4. The van der Waals surface area contributed by atoms with Crippen LogP contribution < -0.4 is 5.32 Å². The first-order chi connectivity index (χ1) is 17.7. The number of thioether (sulfide) groups is 1. The first-order valence-electron chi connectivity index (χ1n) is 12.3. The van der Waals surface area contributed by atoms with Gasteiger partial charge >= 0.3 is 0 Å². The van der Waals surface area contributed by atoms with E-state index in [1.165, 1.54) is 4.90 Å². The maximum Gasteiger partial charge on any atom is 0.255 e. The van der Waals surface area contributed by atoms with Gasteiger partial charge in [0.15, 0.2) is 0 Å². The minimum atomic E-state index is -2.16. The summed E-state index contributed by atoms with van der Waals surface area (Å²) >= 11 is 1.79. The van der Waals surface area contributed by atoms with Gasteiger partial charge in [-0.15, -0.1) is 0 Å². The fourth-order valence-electron chi connectivity index (χ4n) is 5.44. The summed E-state index contributed by atoms with van der Waals surface area (Å²) in [5.74, 6) is -1.53. The molecule has 1 atom stereocenters. The molecule has 3 aliphatic rings. The first-order valence-corrected chi connectivity index (χ1v) is 13.4. The smallest absolute Gasteiger partial charge is 0.255 e. The highest BCUT2D eigenvalue weighted by Crippen LogP contribution is 2.36. The average Bonchev–Trinajstić information content (AvgIpc) is 3.43. The largest absolute Gasteiger partial charge is 0.349 e. The zero-order chi connectivity index (χ0) is 25.9.